The van der Waals surface area contributed by atoms with Crippen LogP contribution in [0.3, 0.4) is 0 Å². The molecule has 0 aliphatic carbocycles. The van der Waals surface area contributed by atoms with E-state index in [4.69, 9.17) is 19.0 Å². The predicted octanol–water partition coefficient (Wildman–Crippen LogP) is 2.22. The molecule has 0 heterocycles. The highest BCUT2D eigenvalue weighted by Gasteiger charge is 2.39. The number of primary amides is 1. The zero-order chi connectivity index (χ0) is 16.0. The van der Waals surface area contributed by atoms with Crippen molar-refractivity contribution >= 4 is 26.6 Å². The van der Waals surface area contributed by atoms with E-state index < -0.39 is 14.8 Å². The first-order valence-electron chi connectivity index (χ1n) is 7.63. The molecule has 126 valence electrons. The number of hydrogen-bond acceptors (Lipinski definition) is 5. The van der Waals surface area contributed by atoms with Gasteiger partial charge in [0.1, 0.15) is 0 Å². The van der Waals surface area contributed by atoms with Gasteiger partial charge in [-0.05, 0) is 45.1 Å². The summed E-state index contributed by atoms with van der Waals surface area (Å²) in [7, 11) is -2.47. The second kappa shape index (κ2) is 13.4. The van der Waals surface area contributed by atoms with Gasteiger partial charge in [0.25, 0.3) is 0 Å². The van der Waals surface area contributed by atoms with E-state index >= 15 is 0 Å². The Morgan fingerprint density at radius 1 is 1.05 bits per heavy atom. The fourth-order valence-corrected chi connectivity index (χ4v) is 5.65. The molecule has 0 spiro atoms. The highest BCUT2D eigenvalue weighted by Crippen LogP contribution is 2.20. The normalized spacial score (nSPS) is 11.6. The zero-order valence-corrected chi connectivity index (χ0v) is 15.3. The number of nitrogens with one attached hydrogen (secondary N) is 1. The van der Waals surface area contributed by atoms with Crippen molar-refractivity contribution in [1.29, 1.82) is 0 Å². The lowest BCUT2D eigenvalue weighted by atomic mass is 10.5. The molecule has 0 unspecified atom stereocenters. The lowest BCUT2D eigenvalue weighted by molar-refractivity contribution is 0.0712. The lowest BCUT2D eigenvalue weighted by Crippen LogP contribution is -2.46. The number of rotatable bonds is 14. The van der Waals surface area contributed by atoms with Gasteiger partial charge in [-0.2, -0.15) is 11.8 Å². The minimum Gasteiger partial charge on any atom is -0.374 e. The highest BCUT2D eigenvalue weighted by atomic mass is 32.2. The minimum atomic E-state index is -2.47. The number of hydrogen-bond donors (Lipinski definition) is 2. The first kappa shape index (κ1) is 20.7. The maximum atomic E-state index is 10.5. The van der Waals surface area contributed by atoms with E-state index in [1.165, 1.54) is 0 Å². The van der Waals surface area contributed by atoms with Gasteiger partial charge in [-0.3, -0.25) is 0 Å². The van der Waals surface area contributed by atoms with Crippen molar-refractivity contribution < 1.29 is 18.1 Å². The summed E-state index contributed by atoms with van der Waals surface area (Å²) in [4.78, 5) is 10.5. The van der Waals surface area contributed by atoms with Gasteiger partial charge in [-0.1, -0.05) is 0 Å². The van der Waals surface area contributed by atoms with Crippen molar-refractivity contribution in [2.24, 2.45) is 5.73 Å². The summed E-state index contributed by atoms with van der Waals surface area (Å²) in [5, 5.41) is 2.58. The van der Waals surface area contributed by atoms with Crippen LogP contribution in [0.15, 0.2) is 0 Å². The number of amides is 2. The first-order chi connectivity index (χ1) is 10.1. The molecule has 0 aliphatic rings. The van der Waals surface area contributed by atoms with Crippen molar-refractivity contribution in [3.8, 4) is 0 Å². The van der Waals surface area contributed by atoms with E-state index in [-0.39, 0.29) is 0 Å². The number of thioether (sulfide) groups is 1. The molecule has 3 N–H and O–H groups in total. The zero-order valence-electron chi connectivity index (χ0n) is 13.5. The third kappa shape index (κ3) is 11.0. The van der Waals surface area contributed by atoms with E-state index in [9.17, 15) is 4.79 Å². The summed E-state index contributed by atoms with van der Waals surface area (Å²) in [6, 6.07) is 0.399. The summed E-state index contributed by atoms with van der Waals surface area (Å²) in [6.07, 6.45) is 1.94. The highest BCUT2D eigenvalue weighted by molar-refractivity contribution is 7.99. The summed E-state index contributed by atoms with van der Waals surface area (Å²) in [5.41, 5.74) is 4.99. The van der Waals surface area contributed by atoms with Crippen LogP contribution in [0, 0.1) is 0 Å². The number of nitrogens with two attached hydrogens (primary N) is 1. The molecular weight excluding hydrogens is 308 g/mol. The fourth-order valence-electron chi connectivity index (χ4n) is 1.88. The molecule has 8 heteroatoms. The third-order valence-electron chi connectivity index (χ3n) is 2.63. The molecule has 0 radical (unpaired) electrons. The second-order valence-electron chi connectivity index (χ2n) is 4.34. The van der Waals surface area contributed by atoms with Crippen LogP contribution in [-0.4, -0.2) is 52.7 Å². The first-order valence-corrected chi connectivity index (χ1v) is 10.7. The molecule has 6 nitrogen and oxygen atoms in total. The average molecular weight is 339 g/mol. The van der Waals surface area contributed by atoms with E-state index in [2.05, 4.69) is 5.32 Å². The van der Waals surface area contributed by atoms with Crippen LogP contribution in [0.25, 0.3) is 0 Å². The Kier molecular flexibility index (Phi) is 13.2. The molecule has 0 fully saturated rings. The molecule has 0 aliphatic heterocycles. The second-order valence-corrected chi connectivity index (χ2v) is 8.30. The monoisotopic (exact) mass is 338 g/mol. The van der Waals surface area contributed by atoms with Crippen LogP contribution in [0.2, 0.25) is 6.04 Å². The van der Waals surface area contributed by atoms with E-state index in [0.29, 0.717) is 26.4 Å². The Balaban J connectivity index is 3.83. The van der Waals surface area contributed by atoms with Crippen molar-refractivity contribution in [3.63, 3.8) is 0 Å². The molecule has 0 saturated heterocycles. The quantitative estimate of drug-likeness (QED) is 0.375. The molecule has 0 bridgehead atoms. The van der Waals surface area contributed by atoms with Crippen molar-refractivity contribution in [3.05, 3.63) is 0 Å². The third-order valence-corrected chi connectivity index (χ3v) is 6.94. The molecule has 0 aromatic carbocycles. The molecule has 0 atom stereocenters. The molecule has 0 rings (SSSR count). The van der Waals surface area contributed by atoms with Crippen LogP contribution in [0.4, 0.5) is 4.79 Å². The molecule has 2 amide bonds. The SMILES string of the molecule is CCO[Si](CCCSCCCNC(N)=O)(OCC)OCC. The van der Waals surface area contributed by atoms with Gasteiger partial charge < -0.3 is 24.3 Å². The van der Waals surface area contributed by atoms with Crippen LogP contribution >= 0.6 is 11.8 Å². The van der Waals surface area contributed by atoms with Crippen LogP contribution in [-0.2, 0) is 13.3 Å². The summed E-state index contributed by atoms with van der Waals surface area (Å²) < 4.78 is 17.4. The summed E-state index contributed by atoms with van der Waals surface area (Å²) in [5.74, 6) is 2.05. The molecule has 0 saturated carbocycles. The Bertz CT molecular complexity index is 256. The van der Waals surface area contributed by atoms with E-state index in [0.717, 1.165) is 30.4 Å². The van der Waals surface area contributed by atoms with Gasteiger partial charge in [-0.25, -0.2) is 4.79 Å². The number of carbonyl (C=O) groups is 1. The maximum Gasteiger partial charge on any atom is 0.500 e. The van der Waals surface area contributed by atoms with E-state index in [1.54, 1.807) is 0 Å². The Labute approximate surface area is 133 Å². The van der Waals surface area contributed by atoms with Crippen molar-refractivity contribution in [2.75, 3.05) is 37.9 Å². The van der Waals surface area contributed by atoms with Crippen molar-refractivity contribution in [2.45, 2.75) is 39.7 Å². The average Bonchev–Trinajstić information content (AvgIpc) is 2.42. The van der Waals surface area contributed by atoms with Crippen LogP contribution in [0.1, 0.15) is 33.6 Å². The van der Waals surface area contributed by atoms with Gasteiger partial charge in [-0.15, -0.1) is 0 Å². The van der Waals surface area contributed by atoms with Gasteiger partial charge in [0, 0.05) is 32.4 Å². The maximum absolute atomic E-state index is 10.5. The Hall–Kier alpha value is -0.283. The lowest BCUT2D eigenvalue weighted by Gasteiger charge is -2.28. The minimum absolute atomic E-state index is 0.457. The number of carbonyl (C=O) groups excluding carboxylic acids is 1. The van der Waals surface area contributed by atoms with Crippen LogP contribution < -0.4 is 11.1 Å². The van der Waals surface area contributed by atoms with Crippen LogP contribution in [0.5, 0.6) is 0 Å². The van der Waals surface area contributed by atoms with E-state index in [1.807, 2.05) is 32.5 Å². The molecule has 21 heavy (non-hydrogen) atoms. The fraction of sp³-hybridized carbons (Fsp3) is 0.923. The topological polar surface area (TPSA) is 82.8 Å². The predicted molar refractivity (Wildman–Crippen MR) is 89.6 cm³/mol. The van der Waals surface area contributed by atoms with Gasteiger partial charge in [0.15, 0.2) is 0 Å². The number of urea groups is 1. The molecule has 0 aromatic rings. The standard InChI is InChI=1S/C13H30N2O4SSi/c1-4-17-21(18-5-2,19-6-3)12-8-11-20-10-7-9-15-13(14)16/h4-12H2,1-3H3,(H3,14,15,16). The summed E-state index contributed by atoms with van der Waals surface area (Å²) >= 11 is 1.86. The largest absolute Gasteiger partial charge is 0.500 e. The molecular formula is C13H30N2O4SSi. The smallest absolute Gasteiger partial charge is 0.374 e. The van der Waals surface area contributed by atoms with Gasteiger partial charge in [0.2, 0.25) is 0 Å². The van der Waals surface area contributed by atoms with Gasteiger partial charge in [0.05, 0.1) is 0 Å². The Morgan fingerprint density at radius 3 is 2.05 bits per heavy atom. The molecule has 0 aromatic heterocycles. The van der Waals surface area contributed by atoms with Gasteiger partial charge >= 0.3 is 14.8 Å². The van der Waals surface area contributed by atoms with Crippen molar-refractivity contribution in [1.82, 2.24) is 5.32 Å². The summed E-state index contributed by atoms with van der Waals surface area (Å²) in [6.45, 7) is 8.42. The Morgan fingerprint density at radius 2 is 1.57 bits per heavy atom.